The first-order valence-electron chi connectivity index (χ1n) is 29.6. The van der Waals surface area contributed by atoms with Gasteiger partial charge in [0.25, 0.3) is 0 Å². The molecule has 4 nitrogen and oxygen atoms in total. The summed E-state index contributed by atoms with van der Waals surface area (Å²) in [6.45, 7) is 25.0. The third-order valence-corrected chi connectivity index (χ3v) is 25.0. The van der Waals surface area contributed by atoms with Crippen LogP contribution in [0.4, 0.5) is 0 Å². The molecule has 0 aromatic heterocycles. The van der Waals surface area contributed by atoms with Crippen molar-refractivity contribution in [3.05, 3.63) is 143 Å². The summed E-state index contributed by atoms with van der Waals surface area (Å²) >= 11 is 14.8. The molecule has 0 bridgehead atoms. The van der Waals surface area contributed by atoms with Crippen LogP contribution in [0.15, 0.2) is 98.2 Å². The molecule has 0 N–H and O–H groups in total. The van der Waals surface area contributed by atoms with Gasteiger partial charge in [0.15, 0.2) is 0 Å². The summed E-state index contributed by atoms with van der Waals surface area (Å²) in [5, 5.41) is 0. The van der Waals surface area contributed by atoms with Crippen molar-refractivity contribution in [2.45, 2.75) is 144 Å². The molecule has 2 aliphatic rings. The Morgan fingerprint density at radius 3 is 0.869 bits per heavy atom. The van der Waals surface area contributed by atoms with Crippen LogP contribution in [0.1, 0.15) is 149 Å². The van der Waals surface area contributed by atoms with Gasteiger partial charge in [-0.15, -0.1) is 58.1 Å². The molecule has 0 amide bonds. The lowest BCUT2D eigenvalue weighted by Gasteiger charge is -2.19. The van der Waals surface area contributed by atoms with E-state index in [0.29, 0.717) is 26.4 Å². The van der Waals surface area contributed by atoms with Gasteiger partial charge in [0.05, 0.1) is 74.1 Å². The second kappa shape index (κ2) is 36.1. The molecule has 2 heterocycles. The van der Waals surface area contributed by atoms with Crippen LogP contribution < -0.4 is 18.9 Å². The zero-order valence-electron chi connectivity index (χ0n) is 52.1. The third kappa shape index (κ3) is 22.0. The average molecular weight is 1300 g/mol. The van der Waals surface area contributed by atoms with Gasteiger partial charge in [-0.1, -0.05) is 225 Å². The van der Waals surface area contributed by atoms with E-state index in [1.807, 2.05) is 94.1 Å². The van der Waals surface area contributed by atoms with Gasteiger partial charge in [0.2, 0.25) is 0 Å². The number of hydrogen-bond acceptors (Lipinski definition) is 12. The fourth-order valence-electron chi connectivity index (χ4n) is 8.33. The lowest BCUT2D eigenvalue weighted by atomic mass is 9.93. The lowest BCUT2D eigenvalue weighted by molar-refractivity contribution is 0.297. The molecule has 0 aliphatic carbocycles. The molecule has 6 rings (SSSR count). The van der Waals surface area contributed by atoms with Crippen LogP contribution in [0.3, 0.4) is 0 Å². The lowest BCUT2D eigenvalue weighted by Crippen LogP contribution is -2.16. The van der Waals surface area contributed by atoms with Gasteiger partial charge < -0.3 is 18.9 Å². The maximum Gasteiger partial charge on any atom is 0.136 e. The molecule has 14 heteroatoms. The van der Waals surface area contributed by atoms with Gasteiger partial charge in [0.1, 0.15) is 39.1 Å². The Labute approximate surface area is 543 Å². The first-order chi connectivity index (χ1) is 40.5. The standard InChI is InChI=1S/C70H86O4S8Si2/c1-15-19-23-41-71-59-49-57(39-45-83(9,10)11)61(73-43-25-21-17-3)47-55(59)37-31-51-27-33-53(34-28-51)63(65-79-67(75-5)68(76-6)80-65)64(66-81-69(77-7)70(78-8)82-66)54-35-29-52(30-36-54)32-38-56-48-62(74-44-26-22-18-4)58(40-46-84(12,13)14)50-60(56)72-42-24-20-16-2/h27-30,33-36,47-50H,15-26,41-44H2,1-14H3. The van der Waals surface area contributed by atoms with Crippen LogP contribution in [-0.2, 0) is 0 Å². The van der Waals surface area contributed by atoms with Gasteiger partial charge in [-0.05, 0) is 86.1 Å². The van der Waals surface area contributed by atoms with E-state index in [2.05, 4.69) is 211 Å². The Hall–Kier alpha value is -3.49. The molecule has 446 valence electrons. The average Bonchev–Trinajstić information content (AvgIpc) is 2.65. The molecule has 4 aromatic carbocycles. The molecule has 0 spiro atoms. The summed E-state index contributed by atoms with van der Waals surface area (Å²) in [4.78, 5) is 0. The van der Waals surface area contributed by atoms with E-state index < -0.39 is 16.1 Å². The minimum absolute atomic E-state index is 0.625. The number of benzene rings is 4. The number of allylic oxidation sites excluding steroid dienone is 2. The van der Waals surface area contributed by atoms with Crippen LogP contribution in [0.25, 0.3) is 11.1 Å². The molecule has 0 unspecified atom stereocenters. The molecule has 0 saturated heterocycles. The van der Waals surface area contributed by atoms with Crippen LogP contribution in [0.2, 0.25) is 39.3 Å². The Morgan fingerprint density at radius 2 is 0.631 bits per heavy atom. The minimum Gasteiger partial charge on any atom is -0.492 e. The SMILES string of the molecule is CCCCCOc1cc(C#C[Si](C)(C)C)c(OCCCCC)cc1C#Cc1ccc(C(=C2SC(SC)=C(SC)S2)C(=C2SC(SC)=C(SC)S2)c2ccc(C#Cc3cc(OCCCCC)c(C#C[Si](C)(C)C)cc3OCCCCC)cc2)cc1. The zero-order chi connectivity index (χ0) is 60.5. The summed E-state index contributed by atoms with van der Waals surface area (Å²) in [5.74, 6) is 24.3. The van der Waals surface area contributed by atoms with E-state index in [9.17, 15) is 0 Å². The van der Waals surface area contributed by atoms with Crippen molar-refractivity contribution >= 4 is 121 Å². The number of unbranched alkanes of at least 4 members (excludes halogenated alkanes) is 8. The van der Waals surface area contributed by atoms with Crippen molar-refractivity contribution in [2.24, 2.45) is 0 Å². The fourth-order valence-corrected chi connectivity index (χ4v) is 19.6. The van der Waals surface area contributed by atoms with Crippen molar-refractivity contribution < 1.29 is 18.9 Å². The molecule has 0 radical (unpaired) electrons. The van der Waals surface area contributed by atoms with Crippen molar-refractivity contribution in [1.29, 1.82) is 0 Å². The molecule has 2 aliphatic heterocycles. The zero-order valence-corrected chi connectivity index (χ0v) is 60.7. The highest BCUT2D eigenvalue weighted by molar-refractivity contribution is 8.41. The third-order valence-electron chi connectivity index (χ3n) is 12.8. The van der Waals surface area contributed by atoms with E-state index in [4.69, 9.17) is 18.9 Å². The number of ether oxygens (including phenoxy) is 4. The summed E-state index contributed by atoms with van der Waals surface area (Å²) in [6, 6.07) is 26.0. The van der Waals surface area contributed by atoms with Crippen LogP contribution >= 0.6 is 94.1 Å². The maximum absolute atomic E-state index is 6.53. The van der Waals surface area contributed by atoms with Gasteiger partial charge in [0, 0.05) is 46.5 Å². The minimum atomic E-state index is -1.67. The largest absolute Gasteiger partial charge is 0.492 e. The second-order valence-electron chi connectivity index (χ2n) is 22.3. The monoisotopic (exact) mass is 1300 g/mol. The summed E-state index contributed by atoms with van der Waals surface area (Å²) in [5.41, 5.74) is 17.1. The molecular formula is C70H86O4S8Si2. The number of thioether (sulfide) groups is 8. The van der Waals surface area contributed by atoms with Gasteiger partial charge >= 0.3 is 0 Å². The first-order valence-corrected chi connectivity index (χ1v) is 44.7. The van der Waals surface area contributed by atoms with Gasteiger partial charge in [-0.2, -0.15) is 0 Å². The Balaban J connectivity index is 1.46. The highest BCUT2D eigenvalue weighted by Crippen LogP contribution is 2.64. The Bertz CT molecular complexity index is 3010. The normalized spacial score (nSPS) is 13.1. The van der Waals surface area contributed by atoms with Crippen LogP contribution in [0.5, 0.6) is 23.0 Å². The maximum atomic E-state index is 6.53. The van der Waals surface area contributed by atoms with E-state index in [1.165, 1.54) is 36.6 Å². The summed E-state index contributed by atoms with van der Waals surface area (Å²) < 4.78 is 33.9. The molecule has 0 fully saturated rings. The smallest absolute Gasteiger partial charge is 0.136 e. The number of hydrogen-bond donors (Lipinski definition) is 0. The van der Waals surface area contributed by atoms with Gasteiger partial charge in [-0.25, -0.2) is 0 Å². The second-order valence-corrected chi connectivity index (χ2v) is 40.7. The van der Waals surface area contributed by atoms with Crippen molar-refractivity contribution in [2.75, 3.05) is 51.5 Å². The van der Waals surface area contributed by atoms with Crippen molar-refractivity contribution in [1.82, 2.24) is 0 Å². The number of rotatable bonds is 27. The van der Waals surface area contributed by atoms with Crippen LogP contribution in [-0.4, -0.2) is 67.6 Å². The Morgan fingerprint density at radius 1 is 0.369 bits per heavy atom. The molecular weight excluding hydrogens is 1220 g/mol. The van der Waals surface area contributed by atoms with Crippen molar-refractivity contribution in [3.63, 3.8) is 0 Å². The molecule has 4 aromatic rings. The van der Waals surface area contributed by atoms with E-state index in [-0.39, 0.29) is 0 Å². The predicted molar refractivity (Wildman–Crippen MR) is 391 cm³/mol. The van der Waals surface area contributed by atoms with E-state index in [0.717, 1.165) is 145 Å². The fraction of sp³-hybridized carbons (Fsp3) is 0.429. The van der Waals surface area contributed by atoms with E-state index >= 15 is 0 Å². The van der Waals surface area contributed by atoms with Crippen molar-refractivity contribution in [3.8, 4) is 69.6 Å². The predicted octanol–water partition coefficient (Wildman–Crippen LogP) is 21.9. The summed E-state index contributed by atoms with van der Waals surface area (Å²) in [6.07, 6.45) is 21.7. The van der Waals surface area contributed by atoms with Crippen LogP contribution in [0, 0.1) is 46.6 Å². The Kier molecular flexibility index (Phi) is 29.9. The van der Waals surface area contributed by atoms with Gasteiger partial charge in [-0.3, -0.25) is 0 Å². The molecule has 0 saturated carbocycles. The quantitative estimate of drug-likeness (QED) is 0.0324. The highest BCUT2D eigenvalue weighted by atomic mass is 32.3. The molecule has 0 atom stereocenters. The van der Waals surface area contributed by atoms with E-state index in [1.54, 1.807) is 0 Å². The topological polar surface area (TPSA) is 36.9 Å². The highest BCUT2D eigenvalue weighted by Gasteiger charge is 2.31. The first kappa shape index (κ1) is 69.6. The molecule has 84 heavy (non-hydrogen) atoms. The summed E-state index contributed by atoms with van der Waals surface area (Å²) in [7, 11) is -3.33.